The molecule has 120 valence electrons. The number of fused-ring (bicyclic) bond motifs is 1. The summed E-state index contributed by atoms with van der Waals surface area (Å²) >= 11 is 0. The van der Waals surface area contributed by atoms with Gasteiger partial charge in [0, 0.05) is 31.4 Å². The van der Waals surface area contributed by atoms with Gasteiger partial charge in [0.15, 0.2) is 0 Å². The quantitative estimate of drug-likeness (QED) is 0.885. The van der Waals surface area contributed by atoms with Gasteiger partial charge < -0.3 is 15.0 Å². The second-order valence-corrected chi connectivity index (χ2v) is 5.98. The predicted octanol–water partition coefficient (Wildman–Crippen LogP) is 2.97. The highest BCUT2D eigenvalue weighted by atomic mass is 16.5. The number of methoxy groups -OCH3 is 1. The fourth-order valence-electron chi connectivity index (χ4n) is 2.98. The van der Waals surface area contributed by atoms with Gasteiger partial charge in [0.1, 0.15) is 0 Å². The van der Waals surface area contributed by atoms with E-state index >= 15 is 0 Å². The number of ether oxygens (including phenoxy) is 1. The first kappa shape index (κ1) is 15.6. The van der Waals surface area contributed by atoms with Crippen molar-refractivity contribution in [3.63, 3.8) is 0 Å². The van der Waals surface area contributed by atoms with Crippen molar-refractivity contribution in [3.8, 4) is 0 Å². The van der Waals surface area contributed by atoms with Crippen molar-refractivity contribution >= 4 is 11.7 Å². The van der Waals surface area contributed by atoms with Crippen molar-refractivity contribution in [2.24, 2.45) is 0 Å². The molecule has 0 aliphatic carbocycles. The van der Waals surface area contributed by atoms with Crippen LogP contribution >= 0.6 is 0 Å². The number of rotatable bonds is 3. The molecular weight excluding hydrogens is 288 g/mol. The average molecular weight is 310 g/mol. The maximum absolute atomic E-state index is 11.5. The highest BCUT2D eigenvalue weighted by molar-refractivity contribution is 5.89. The van der Waals surface area contributed by atoms with Crippen molar-refractivity contribution in [1.82, 2.24) is 5.32 Å². The Morgan fingerprint density at radius 2 is 1.96 bits per heavy atom. The van der Waals surface area contributed by atoms with E-state index in [2.05, 4.69) is 41.4 Å². The molecule has 1 unspecified atom stereocenters. The van der Waals surface area contributed by atoms with Crippen LogP contribution in [0, 0.1) is 0 Å². The van der Waals surface area contributed by atoms with Gasteiger partial charge in [-0.1, -0.05) is 30.3 Å². The van der Waals surface area contributed by atoms with E-state index in [0.717, 1.165) is 19.6 Å². The van der Waals surface area contributed by atoms with E-state index in [1.807, 2.05) is 24.3 Å². The summed E-state index contributed by atoms with van der Waals surface area (Å²) in [6, 6.07) is 16.6. The summed E-state index contributed by atoms with van der Waals surface area (Å²) < 4.78 is 4.75. The lowest BCUT2D eigenvalue weighted by molar-refractivity contribution is 0.0600. The summed E-state index contributed by atoms with van der Waals surface area (Å²) in [4.78, 5) is 13.9. The van der Waals surface area contributed by atoms with Gasteiger partial charge in [0.05, 0.1) is 12.7 Å². The maximum Gasteiger partial charge on any atom is 0.337 e. The van der Waals surface area contributed by atoms with Crippen LogP contribution in [-0.2, 0) is 17.8 Å². The summed E-state index contributed by atoms with van der Waals surface area (Å²) in [7, 11) is 1.40. The predicted molar refractivity (Wildman–Crippen MR) is 91.6 cm³/mol. The molecule has 2 aromatic carbocycles. The molecule has 0 fully saturated rings. The van der Waals surface area contributed by atoms with Crippen LogP contribution in [-0.4, -0.2) is 25.7 Å². The lowest BCUT2D eigenvalue weighted by atomic mass is 10.1. The van der Waals surface area contributed by atoms with Gasteiger partial charge in [-0.25, -0.2) is 4.79 Å². The number of anilines is 1. The minimum atomic E-state index is -0.297. The van der Waals surface area contributed by atoms with E-state index in [1.54, 1.807) is 0 Å². The number of hydrogen-bond donors (Lipinski definition) is 1. The van der Waals surface area contributed by atoms with Crippen LogP contribution in [0.4, 0.5) is 5.69 Å². The van der Waals surface area contributed by atoms with E-state index in [4.69, 9.17) is 4.74 Å². The number of carbonyl (C=O) groups is 1. The monoisotopic (exact) mass is 310 g/mol. The number of benzene rings is 2. The van der Waals surface area contributed by atoms with Crippen LogP contribution in [0.25, 0.3) is 0 Å². The summed E-state index contributed by atoms with van der Waals surface area (Å²) in [6.45, 7) is 4.88. The lowest BCUT2D eigenvalue weighted by Gasteiger charge is -2.26. The number of nitrogens with zero attached hydrogens (tertiary/aromatic N) is 1. The topological polar surface area (TPSA) is 41.6 Å². The third kappa shape index (κ3) is 3.54. The summed E-state index contributed by atoms with van der Waals surface area (Å²) in [5.74, 6) is -0.297. The molecule has 4 nitrogen and oxygen atoms in total. The third-order valence-corrected chi connectivity index (χ3v) is 4.22. The molecule has 0 spiro atoms. The van der Waals surface area contributed by atoms with Crippen molar-refractivity contribution < 1.29 is 9.53 Å². The van der Waals surface area contributed by atoms with Crippen LogP contribution in [0.15, 0.2) is 48.5 Å². The smallest absolute Gasteiger partial charge is 0.337 e. The Morgan fingerprint density at radius 3 is 2.70 bits per heavy atom. The average Bonchev–Trinajstić information content (AvgIpc) is 2.74. The third-order valence-electron chi connectivity index (χ3n) is 4.22. The minimum absolute atomic E-state index is 0.297. The fourth-order valence-corrected chi connectivity index (χ4v) is 2.98. The first-order valence-corrected chi connectivity index (χ1v) is 7.91. The Morgan fingerprint density at radius 1 is 1.22 bits per heavy atom. The Bertz CT molecular complexity index is 682. The first-order valence-electron chi connectivity index (χ1n) is 7.91. The molecule has 1 aliphatic heterocycles. The Balaban J connectivity index is 1.82. The summed E-state index contributed by atoms with van der Waals surface area (Å²) in [5, 5.41) is 3.55. The maximum atomic E-state index is 11.5. The van der Waals surface area contributed by atoms with Gasteiger partial charge in [-0.15, -0.1) is 0 Å². The van der Waals surface area contributed by atoms with Crippen LogP contribution < -0.4 is 10.2 Å². The number of nitrogens with one attached hydrogen (secondary N) is 1. The molecule has 4 heteroatoms. The van der Waals surface area contributed by atoms with Crippen molar-refractivity contribution in [3.05, 3.63) is 65.2 Å². The van der Waals surface area contributed by atoms with E-state index < -0.39 is 0 Å². The molecule has 23 heavy (non-hydrogen) atoms. The number of carbonyl (C=O) groups excluding carboxylic acids is 1. The molecule has 0 saturated heterocycles. The molecule has 3 rings (SSSR count). The Kier molecular flexibility index (Phi) is 4.63. The summed E-state index contributed by atoms with van der Waals surface area (Å²) in [5.41, 5.74) is 4.37. The molecule has 0 saturated carbocycles. The molecule has 0 aromatic heterocycles. The number of esters is 1. The molecule has 1 N–H and O–H groups in total. The normalized spacial score (nSPS) is 17.3. The zero-order valence-electron chi connectivity index (χ0n) is 13.6. The zero-order valence-corrected chi connectivity index (χ0v) is 13.6. The van der Waals surface area contributed by atoms with E-state index in [1.165, 1.54) is 23.9 Å². The highest BCUT2D eigenvalue weighted by Crippen LogP contribution is 2.25. The molecule has 0 amide bonds. The molecule has 1 heterocycles. The Hall–Kier alpha value is -2.33. The number of para-hydroxylation sites is 1. The largest absolute Gasteiger partial charge is 0.465 e. The van der Waals surface area contributed by atoms with Crippen LogP contribution in [0.3, 0.4) is 0 Å². The van der Waals surface area contributed by atoms with Crippen molar-refractivity contribution in [2.75, 3.05) is 18.6 Å². The first-order chi connectivity index (χ1) is 11.2. The second-order valence-electron chi connectivity index (χ2n) is 5.98. The van der Waals surface area contributed by atoms with Crippen LogP contribution in [0.1, 0.15) is 28.4 Å². The van der Waals surface area contributed by atoms with E-state index in [-0.39, 0.29) is 5.97 Å². The highest BCUT2D eigenvalue weighted by Gasteiger charge is 2.18. The van der Waals surface area contributed by atoms with Crippen LogP contribution in [0.2, 0.25) is 0 Å². The van der Waals surface area contributed by atoms with Gasteiger partial charge in [0.2, 0.25) is 0 Å². The molecular formula is C19H22N2O2. The van der Waals surface area contributed by atoms with Gasteiger partial charge in [-0.3, -0.25) is 0 Å². The van der Waals surface area contributed by atoms with Gasteiger partial charge in [-0.05, 0) is 36.2 Å². The molecule has 1 aliphatic rings. The lowest BCUT2D eigenvalue weighted by Crippen LogP contribution is -2.35. The zero-order chi connectivity index (χ0) is 16.2. The van der Waals surface area contributed by atoms with Gasteiger partial charge in [0.25, 0.3) is 0 Å². The van der Waals surface area contributed by atoms with E-state index in [9.17, 15) is 4.79 Å². The molecule has 2 aromatic rings. The van der Waals surface area contributed by atoms with Crippen LogP contribution in [0.5, 0.6) is 0 Å². The minimum Gasteiger partial charge on any atom is -0.465 e. The SMILES string of the molecule is COC(=O)c1ccc(CN2CC(C)NCc3ccccc32)cc1. The van der Waals surface area contributed by atoms with Gasteiger partial charge >= 0.3 is 5.97 Å². The molecule has 1 atom stereocenters. The van der Waals surface area contributed by atoms with E-state index in [0.29, 0.717) is 11.6 Å². The van der Waals surface area contributed by atoms with Crippen molar-refractivity contribution in [1.29, 1.82) is 0 Å². The standard InChI is InChI=1S/C19H22N2O2/c1-14-12-21(18-6-4-3-5-17(18)11-20-14)13-15-7-9-16(10-8-15)19(22)23-2/h3-10,14,20H,11-13H2,1-2H3. The molecule has 0 bridgehead atoms. The van der Waals surface area contributed by atoms with Gasteiger partial charge in [-0.2, -0.15) is 0 Å². The van der Waals surface area contributed by atoms with Crippen molar-refractivity contribution in [2.45, 2.75) is 26.1 Å². The number of hydrogen-bond acceptors (Lipinski definition) is 4. The fraction of sp³-hybridized carbons (Fsp3) is 0.316. The summed E-state index contributed by atoms with van der Waals surface area (Å²) in [6.07, 6.45) is 0. The molecule has 0 radical (unpaired) electrons. The Labute approximate surface area is 137 Å². The second kappa shape index (κ2) is 6.84.